The number of nitrogen functional groups attached to an aromatic ring is 1. The van der Waals surface area contributed by atoms with Gasteiger partial charge in [-0.1, -0.05) is 30.8 Å². The zero-order valence-corrected chi connectivity index (χ0v) is 18.8. The molecule has 0 aliphatic rings. The summed E-state index contributed by atoms with van der Waals surface area (Å²) in [4.78, 5) is 10.6. The average Bonchev–Trinajstić information content (AvgIpc) is 3.24. The summed E-state index contributed by atoms with van der Waals surface area (Å²) in [5, 5.41) is 14.5. The van der Waals surface area contributed by atoms with Gasteiger partial charge in [-0.05, 0) is 35.9 Å². The zero-order valence-electron chi connectivity index (χ0n) is 18.8. The molecule has 1 atom stereocenters. The van der Waals surface area contributed by atoms with Crippen LogP contribution >= 0.6 is 0 Å². The van der Waals surface area contributed by atoms with E-state index in [1.165, 1.54) is 12.4 Å². The molecule has 0 radical (unpaired) electrons. The number of benzene rings is 2. The van der Waals surface area contributed by atoms with Crippen molar-refractivity contribution in [1.82, 2.24) is 14.5 Å². The summed E-state index contributed by atoms with van der Waals surface area (Å²) >= 11 is 0. The molecule has 33 heavy (non-hydrogen) atoms. The molecule has 2 aromatic carbocycles. The number of anilines is 3. The van der Waals surface area contributed by atoms with Crippen molar-refractivity contribution in [3.63, 3.8) is 0 Å². The van der Waals surface area contributed by atoms with Crippen LogP contribution in [0.25, 0.3) is 22.2 Å². The number of hydrogen-bond donors (Lipinski definition) is 3. The molecule has 2 aromatic heterocycles. The summed E-state index contributed by atoms with van der Waals surface area (Å²) in [5.41, 5.74) is 10.7. The zero-order chi connectivity index (χ0) is 23.4. The van der Waals surface area contributed by atoms with Crippen molar-refractivity contribution in [2.24, 2.45) is 0 Å². The maximum absolute atomic E-state index is 10.5. The van der Waals surface area contributed by atoms with Gasteiger partial charge in [0.2, 0.25) is 0 Å². The molecule has 0 saturated carbocycles. The van der Waals surface area contributed by atoms with Gasteiger partial charge in [-0.3, -0.25) is 0 Å². The van der Waals surface area contributed by atoms with Crippen molar-refractivity contribution in [1.29, 1.82) is 0 Å². The largest absolute Gasteiger partial charge is 0.495 e. The van der Waals surface area contributed by atoms with E-state index in [1.807, 2.05) is 71.2 Å². The molecule has 4 aromatic rings. The quantitative estimate of drug-likeness (QED) is 0.267. The average molecular weight is 445 g/mol. The summed E-state index contributed by atoms with van der Waals surface area (Å²) < 4.78 is 7.47. The van der Waals surface area contributed by atoms with Crippen LogP contribution in [0.2, 0.25) is 0 Å². The monoisotopic (exact) mass is 444 g/mol. The molecule has 8 heteroatoms. The highest BCUT2D eigenvalue weighted by Crippen LogP contribution is 2.36. The van der Waals surface area contributed by atoms with Gasteiger partial charge in [0, 0.05) is 37.6 Å². The number of ether oxygens (including phenoxy) is 1. The second-order valence-corrected chi connectivity index (χ2v) is 7.54. The third-order valence-electron chi connectivity index (χ3n) is 5.66. The highest BCUT2D eigenvalue weighted by molar-refractivity contribution is 6.01. The van der Waals surface area contributed by atoms with E-state index >= 15 is 0 Å². The van der Waals surface area contributed by atoms with Gasteiger partial charge in [-0.25, -0.2) is 9.97 Å². The molecular formula is C25H28N6O2. The molecule has 0 aliphatic carbocycles. The third-order valence-corrected chi connectivity index (χ3v) is 5.66. The molecular weight excluding hydrogens is 416 g/mol. The standard InChI is InChI=1S/C25H28N6O2/c1-4-22(32)31(18-8-6-5-7-9-18)13-12-30-15-19(23-24(26)28-16-29-25(23)30)17-10-11-21(33-3)20(14-17)27-2/h4-11,14-16,22,27,32H,1,12-13H2,2-3H3,(H2,26,28,29). The Morgan fingerprint density at radius 1 is 1.24 bits per heavy atom. The topological polar surface area (TPSA) is 101 Å². The van der Waals surface area contributed by atoms with Gasteiger partial charge in [0.25, 0.3) is 0 Å². The van der Waals surface area contributed by atoms with E-state index in [0.717, 1.165) is 39.3 Å². The number of methoxy groups -OCH3 is 1. The summed E-state index contributed by atoms with van der Waals surface area (Å²) in [6.07, 6.45) is 4.20. The van der Waals surface area contributed by atoms with E-state index in [0.29, 0.717) is 18.9 Å². The van der Waals surface area contributed by atoms with Gasteiger partial charge < -0.3 is 30.4 Å². The molecule has 4 rings (SSSR count). The highest BCUT2D eigenvalue weighted by Gasteiger charge is 2.18. The van der Waals surface area contributed by atoms with Crippen LogP contribution < -0.4 is 20.7 Å². The summed E-state index contributed by atoms with van der Waals surface area (Å²) in [6, 6.07) is 15.7. The first-order valence-corrected chi connectivity index (χ1v) is 10.6. The fraction of sp³-hybridized carbons (Fsp3) is 0.200. The minimum atomic E-state index is -0.812. The first-order valence-electron chi connectivity index (χ1n) is 10.6. The van der Waals surface area contributed by atoms with Gasteiger partial charge in [0.05, 0.1) is 18.2 Å². The molecule has 2 heterocycles. The lowest BCUT2D eigenvalue weighted by molar-refractivity contribution is 0.215. The number of aliphatic hydroxyl groups excluding tert-OH is 1. The number of fused-ring (bicyclic) bond motifs is 1. The van der Waals surface area contributed by atoms with Crippen LogP contribution in [0.1, 0.15) is 0 Å². The van der Waals surface area contributed by atoms with Crippen molar-refractivity contribution in [3.05, 3.63) is 73.7 Å². The van der Waals surface area contributed by atoms with Crippen molar-refractivity contribution >= 4 is 28.2 Å². The van der Waals surface area contributed by atoms with Gasteiger partial charge >= 0.3 is 0 Å². The van der Waals surface area contributed by atoms with Crippen LogP contribution in [-0.4, -0.2) is 46.6 Å². The Morgan fingerprint density at radius 3 is 2.73 bits per heavy atom. The second-order valence-electron chi connectivity index (χ2n) is 7.54. The molecule has 0 saturated heterocycles. The Labute approximate surface area is 193 Å². The molecule has 0 aliphatic heterocycles. The fourth-order valence-corrected chi connectivity index (χ4v) is 3.98. The number of nitrogens with one attached hydrogen (secondary N) is 1. The van der Waals surface area contributed by atoms with Crippen molar-refractivity contribution in [2.75, 3.05) is 36.7 Å². The number of rotatable bonds is 9. The Hall–Kier alpha value is -4.04. The molecule has 0 spiro atoms. The molecule has 0 amide bonds. The normalized spacial score (nSPS) is 11.8. The lowest BCUT2D eigenvalue weighted by atomic mass is 10.0. The van der Waals surface area contributed by atoms with Crippen LogP contribution in [0.5, 0.6) is 5.75 Å². The molecule has 1 unspecified atom stereocenters. The lowest BCUT2D eigenvalue weighted by Crippen LogP contribution is -2.36. The van der Waals surface area contributed by atoms with E-state index in [2.05, 4.69) is 21.9 Å². The molecule has 4 N–H and O–H groups in total. The van der Waals surface area contributed by atoms with Crippen LogP contribution in [0, 0.1) is 0 Å². The number of nitrogens with zero attached hydrogens (tertiary/aromatic N) is 4. The van der Waals surface area contributed by atoms with Crippen LogP contribution in [-0.2, 0) is 6.54 Å². The van der Waals surface area contributed by atoms with Crippen molar-refractivity contribution in [3.8, 4) is 16.9 Å². The maximum Gasteiger partial charge on any atom is 0.146 e. The minimum absolute atomic E-state index is 0.418. The van der Waals surface area contributed by atoms with Crippen LogP contribution in [0.15, 0.2) is 73.7 Å². The molecule has 0 fully saturated rings. The summed E-state index contributed by atoms with van der Waals surface area (Å²) in [7, 11) is 3.50. The number of aliphatic hydroxyl groups is 1. The Bertz CT molecular complexity index is 1250. The molecule has 8 nitrogen and oxygen atoms in total. The van der Waals surface area contributed by atoms with E-state index in [4.69, 9.17) is 10.5 Å². The minimum Gasteiger partial charge on any atom is -0.495 e. The van der Waals surface area contributed by atoms with Gasteiger partial charge in [0.1, 0.15) is 29.8 Å². The molecule has 0 bridgehead atoms. The number of nitrogens with two attached hydrogens (primary N) is 1. The smallest absolute Gasteiger partial charge is 0.146 e. The van der Waals surface area contributed by atoms with Gasteiger partial charge in [-0.15, -0.1) is 0 Å². The third kappa shape index (κ3) is 4.33. The molecule has 170 valence electrons. The maximum atomic E-state index is 10.5. The van der Waals surface area contributed by atoms with Crippen molar-refractivity contribution in [2.45, 2.75) is 12.8 Å². The van der Waals surface area contributed by atoms with Crippen LogP contribution in [0.4, 0.5) is 17.2 Å². The predicted molar refractivity (Wildman–Crippen MR) is 133 cm³/mol. The summed E-state index contributed by atoms with van der Waals surface area (Å²) in [6.45, 7) is 4.85. The highest BCUT2D eigenvalue weighted by atomic mass is 16.5. The Balaban J connectivity index is 1.74. The SMILES string of the molecule is C=CC(O)N(CCn1cc(-c2ccc(OC)c(NC)c2)c2c(N)ncnc21)c1ccccc1. The fourth-order valence-electron chi connectivity index (χ4n) is 3.98. The van der Waals surface area contributed by atoms with E-state index in [9.17, 15) is 5.11 Å². The number of para-hydroxylation sites is 1. The first-order chi connectivity index (χ1) is 16.1. The van der Waals surface area contributed by atoms with Gasteiger partial charge in [-0.2, -0.15) is 0 Å². The van der Waals surface area contributed by atoms with E-state index in [-0.39, 0.29) is 0 Å². The van der Waals surface area contributed by atoms with Crippen LogP contribution in [0.3, 0.4) is 0 Å². The Kier molecular flexibility index (Phi) is 6.46. The first kappa shape index (κ1) is 22.2. The number of aromatic nitrogens is 3. The van der Waals surface area contributed by atoms with E-state index < -0.39 is 6.23 Å². The number of hydrogen-bond acceptors (Lipinski definition) is 7. The Morgan fingerprint density at radius 2 is 2.03 bits per heavy atom. The van der Waals surface area contributed by atoms with Crippen molar-refractivity contribution < 1.29 is 9.84 Å². The lowest BCUT2D eigenvalue weighted by Gasteiger charge is -2.28. The summed E-state index contributed by atoms with van der Waals surface area (Å²) in [5.74, 6) is 1.17. The van der Waals surface area contributed by atoms with Gasteiger partial charge in [0.15, 0.2) is 0 Å². The predicted octanol–water partition coefficient (Wildman–Crippen LogP) is 3.74. The second kappa shape index (κ2) is 9.62. The van der Waals surface area contributed by atoms with E-state index in [1.54, 1.807) is 7.11 Å².